The maximum atomic E-state index is 14.0. The average Bonchev–Trinajstić information content (AvgIpc) is 3.31. The highest BCUT2D eigenvalue weighted by Gasteiger charge is 2.24. The quantitative estimate of drug-likeness (QED) is 0.343. The Morgan fingerprint density at radius 2 is 2.02 bits per heavy atom. The summed E-state index contributed by atoms with van der Waals surface area (Å²) in [4.78, 5) is 42.5. The summed E-state index contributed by atoms with van der Waals surface area (Å²) in [6.45, 7) is 10.4. The molecule has 0 aliphatic carbocycles. The van der Waals surface area contributed by atoms with Gasteiger partial charge in [-0.15, -0.1) is 0 Å². The van der Waals surface area contributed by atoms with Crippen molar-refractivity contribution in [1.82, 2.24) is 20.1 Å². The number of anilines is 1. The van der Waals surface area contributed by atoms with Crippen molar-refractivity contribution >= 4 is 29.2 Å². The van der Waals surface area contributed by atoms with E-state index in [9.17, 15) is 23.9 Å². The third-order valence-corrected chi connectivity index (χ3v) is 6.89. The van der Waals surface area contributed by atoms with Crippen LogP contribution in [0.15, 0.2) is 73.9 Å². The molecule has 4 rings (SSSR count). The summed E-state index contributed by atoms with van der Waals surface area (Å²) in [7, 11) is 0. The second kappa shape index (κ2) is 11.9. The summed E-state index contributed by atoms with van der Waals surface area (Å²) >= 11 is 0. The number of fused-ring (bicyclic) bond motifs is 4. The molecule has 10 heteroatoms. The monoisotopic (exact) mass is 543 g/mol. The van der Waals surface area contributed by atoms with Crippen molar-refractivity contribution in [2.24, 2.45) is 5.92 Å². The van der Waals surface area contributed by atoms with Crippen LogP contribution in [-0.2, 0) is 4.79 Å². The van der Waals surface area contributed by atoms with E-state index in [1.165, 1.54) is 35.2 Å². The number of hydrogen-bond acceptors (Lipinski definition) is 5. The lowest BCUT2D eigenvalue weighted by Gasteiger charge is -2.22. The molecule has 1 aromatic carbocycles. The minimum Gasteiger partial charge on any atom is -0.478 e. The molecule has 0 spiro atoms. The van der Waals surface area contributed by atoms with Gasteiger partial charge in [0, 0.05) is 23.4 Å². The third-order valence-electron chi connectivity index (χ3n) is 6.89. The van der Waals surface area contributed by atoms with Gasteiger partial charge in [-0.3, -0.25) is 14.6 Å². The number of pyridine rings is 1. The van der Waals surface area contributed by atoms with Gasteiger partial charge in [-0.1, -0.05) is 32.6 Å². The number of carbonyl (C=O) groups excluding carboxylic acids is 2. The minimum atomic E-state index is -1.09. The molecule has 0 saturated carbocycles. The maximum absolute atomic E-state index is 14.0. The molecule has 9 nitrogen and oxygen atoms in total. The molecule has 2 amide bonds. The van der Waals surface area contributed by atoms with E-state index < -0.39 is 23.7 Å². The predicted molar refractivity (Wildman–Crippen MR) is 150 cm³/mol. The van der Waals surface area contributed by atoms with E-state index in [1.54, 1.807) is 31.3 Å². The summed E-state index contributed by atoms with van der Waals surface area (Å²) < 4.78 is 15.3. The number of allylic oxidation sites excluding steroid dienone is 4. The topological polar surface area (TPSA) is 126 Å². The summed E-state index contributed by atoms with van der Waals surface area (Å²) in [5.74, 6) is -2.73. The third kappa shape index (κ3) is 5.90. The molecule has 1 aliphatic rings. The van der Waals surface area contributed by atoms with Crippen LogP contribution in [0.25, 0.3) is 16.8 Å². The predicted octanol–water partition coefficient (Wildman–Crippen LogP) is 5.69. The molecule has 40 heavy (non-hydrogen) atoms. The van der Waals surface area contributed by atoms with Gasteiger partial charge in [0.15, 0.2) is 0 Å². The van der Waals surface area contributed by atoms with Gasteiger partial charge in [-0.25, -0.2) is 13.9 Å². The smallest absolute Gasteiger partial charge is 0.335 e. The molecular weight excluding hydrogens is 513 g/mol. The molecule has 2 aromatic heterocycles. The first-order chi connectivity index (χ1) is 19.1. The van der Waals surface area contributed by atoms with E-state index in [1.807, 2.05) is 6.92 Å². The molecular formula is C30H30FN5O4. The van der Waals surface area contributed by atoms with Gasteiger partial charge in [0.2, 0.25) is 5.91 Å². The molecule has 3 heterocycles. The number of benzene rings is 1. The average molecular weight is 544 g/mol. The molecule has 3 aromatic rings. The lowest BCUT2D eigenvalue weighted by molar-refractivity contribution is -0.119. The molecule has 206 valence electrons. The number of aromatic carboxylic acids is 1. The first-order valence-electron chi connectivity index (χ1n) is 12.8. The molecule has 3 N–H and O–H groups in total. The highest BCUT2D eigenvalue weighted by atomic mass is 19.1. The largest absolute Gasteiger partial charge is 0.478 e. The molecule has 1 aliphatic heterocycles. The van der Waals surface area contributed by atoms with Crippen molar-refractivity contribution in [2.75, 3.05) is 5.32 Å². The Hall–Kier alpha value is -4.86. The zero-order valence-electron chi connectivity index (χ0n) is 22.3. The maximum Gasteiger partial charge on any atom is 0.335 e. The van der Waals surface area contributed by atoms with Crippen LogP contribution in [-0.4, -0.2) is 37.7 Å². The van der Waals surface area contributed by atoms with Crippen LogP contribution >= 0.6 is 0 Å². The zero-order valence-corrected chi connectivity index (χ0v) is 22.3. The van der Waals surface area contributed by atoms with Gasteiger partial charge in [0.1, 0.15) is 5.83 Å². The van der Waals surface area contributed by atoms with Crippen molar-refractivity contribution in [3.63, 3.8) is 0 Å². The summed E-state index contributed by atoms with van der Waals surface area (Å²) in [6.07, 6.45) is 7.45. The number of carboxylic acids is 1. The Kier molecular flexibility index (Phi) is 8.37. The van der Waals surface area contributed by atoms with Crippen molar-refractivity contribution in [1.29, 1.82) is 0 Å². The van der Waals surface area contributed by atoms with E-state index >= 15 is 0 Å². The summed E-state index contributed by atoms with van der Waals surface area (Å²) in [6, 6.07) is 7.51. The Morgan fingerprint density at radius 1 is 1.25 bits per heavy atom. The summed E-state index contributed by atoms with van der Waals surface area (Å²) in [5.41, 5.74) is 3.04. The van der Waals surface area contributed by atoms with Crippen molar-refractivity contribution in [3.05, 3.63) is 96.4 Å². The van der Waals surface area contributed by atoms with Crippen molar-refractivity contribution < 1.29 is 23.9 Å². The Bertz CT molecular complexity index is 1540. The van der Waals surface area contributed by atoms with Gasteiger partial charge in [0.25, 0.3) is 5.91 Å². The fraction of sp³-hybridized carbons (Fsp3) is 0.233. The number of carboxylic acid groups (broad SMARTS) is 1. The highest BCUT2D eigenvalue weighted by Crippen LogP contribution is 2.33. The number of carbonyl (C=O) groups is 3. The van der Waals surface area contributed by atoms with Crippen LogP contribution in [0, 0.1) is 12.8 Å². The van der Waals surface area contributed by atoms with Gasteiger partial charge < -0.3 is 15.7 Å². The number of nitrogens with one attached hydrogen (secondary N) is 2. The zero-order chi connectivity index (χ0) is 29.0. The van der Waals surface area contributed by atoms with Crippen molar-refractivity contribution in [2.45, 2.75) is 39.2 Å². The molecule has 2 bridgehead atoms. The second-order valence-corrected chi connectivity index (χ2v) is 9.63. The lowest BCUT2D eigenvalue weighted by atomic mass is 9.94. The first-order valence-corrected chi connectivity index (χ1v) is 12.8. The van der Waals surface area contributed by atoms with E-state index in [-0.39, 0.29) is 28.6 Å². The first kappa shape index (κ1) is 28.2. The fourth-order valence-electron chi connectivity index (χ4n) is 4.64. The normalized spacial score (nSPS) is 17.5. The molecule has 0 fully saturated rings. The Morgan fingerprint density at radius 3 is 2.73 bits per heavy atom. The van der Waals surface area contributed by atoms with Crippen LogP contribution in [0.5, 0.6) is 0 Å². The number of halogens is 1. The summed E-state index contributed by atoms with van der Waals surface area (Å²) in [5, 5.41) is 19.7. The van der Waals surface area contributed by atoms with Crippen LogP contribution < -0.4 is 10.6 Å². The van der Waals surface area contributed by atoms with Crippen LogP contribution in [0.4, 0.5) is 10.1 Å². The number of aromatic nitrogens is 3. The second-order valence-electron chi connectivity index (χ2n) is 9.63. The van der Waals surface area contributed by atoms with E-state index in [2.05, 4.69) is 33.9 Å². The van der Waals surface area contributed by atoms with E-state index in [4.69, 9.17) is 0 Å². The Labute approximate surface area is 231 Å². The SMILES string of the molecule is C=CC=C(C(=C)F)n1ncc(C(=O)NC2CCCC(C)C(=O)Nc3ccc(C(=O)O)cc3-c3ccnc2c3)c1C. The van der Waals surface area contributed by atoms with Crippen LogP contribution in [0.1, 0.15) is 64.3 Å². The molecule has 0 saturated heterocycles. The number of nitrogens with zero attached hydrogens (tertiary/aromatic N) is 3. The molecule has 2 atom stereocenters. The van der Waals surface area contributed by atoms with Gasteiger partial charge in [-0.2, -0.15) is 5.10 Å². The lowest BCUT2D eigenvalue weighted by Crippen LogP contribution is -2.30. The van der Waals surface area contributed by atoms with Crippen LogP contribution in [0.2, 0.25) is 0 Å². The molecule has 2 unspecified atom stereocenters. The van der Waals surface area contributed by atoms with E-state index in [0.717, 1.165) is 0 Å². The van der Waals surface area contributed by atoms with Gasteiger partial charge in [0.05, 0.1) is 40.5 Å². The van der Waals surface area contributed by atoms with Crippen molar-refractivity contribution in [3.8, 4) is 11.1 Å². The van der Waals surface area contributed by atoms with Gasteiger partial charge >= 0.3 is 5.97 Å². The van der Waals surface area contributed by atoms with E-state index in [0.29, 0.717) is 47.5 Å². The minimum absolute atomic E-state index is 0.0681. The van der Waals surface area contributed by atoms with Crippen LogP contribution in [0.3, 0.4) is 0 Å². The fourth-order valence-corrected chi connectivity index (χ4v) is 4.64. The number of hydrogen-bond donors (Lipinski definition) is 3. The van der Waals surface area contributed by atoms with Gasteiger partial charge in [-0.05, 0) is 61.7 Å². The highest BCUT2D eigenvalue weighted by molar-refractivity contribution is 5.99. The molecule has 0 radical (unpaired) electrons. The number of amides is 2. The Balaban J connectivity index is 1.73. The number of rotatable bonds is 6. The standard InChI is InChI=1S/C30H30FN5O4/c1-5-7-27(18(3)31)36-19(4)23(16-33-36)29(38)35-25-9-6-8-17(2)28(37)34-24-11-10-21(30(39)40)14-22(24)20-12-13-32-26(25)15-20/h5,7,10-17,25H,1,3,6,8-9H2,2,4H3,(H,34,37)(H,35,38)(H,39,40).